The van der Waals surface area contributed by atoms with Crippen molar-refractivity contribution in [2.24, 2.45) is 0 Å². The Morgan fingerprint density at radius 1 is 0.450 bits per heavy atom. The van der Waals surface area contributed by atoms with Crippen molar-refractivity contribution in [1.29, 1.82) is 5.26 Å². The van der Waals surface area contributed by atoms with Gasteiger partial charge in [-0.3, -0.25) is 0 Å². The van der Waals surface area contributed by atoms with Gasteiger partial charge in [0, 0.05) is 27.2 Å². The molecule has 0 amide bonds. The van der Waals surface area contributed by atoms with Gasteiger partial charge in [-0.2, -0.15) is 5.26 Å². The Morgan fingerprint density at radius 2 is 0.975 bits per heavy atom. The maximum atomic E-state index is 9.47. The van der Waals surface area contributed by atoms with Crippen molar-refractivity contribution < 1.29 is 0 Å². The first-order chi connectivity index (χ1) is 19.8. The van der Waals surface area contributed by atoms with Crippen LogP contribution in [0.25, 0.3) is 66.1 Å². The second-order valence-corrected chi connectivity index (χ2v) is 10.1. The van der Waals surface area contributed by atoms with Crippen LogP contribution in [0.2, 0.25) is 0 Å². The normalized spacial score (nSPS) is 11.5. The van der Waals surface area contributed by atoms with Crippen molar-refractivity contribution in [3.8, 4) is 28.6 Å². The predicted octanol–water partition coefficient (Wildman–Crippen LogP) is 9.42. The van der Waals surface area contributed by atoms with Crippen LogP contribution in [-0.4, -0.2) is 9.13 Å². The van der Waals surface area contributed by atoms with E-state index in [1.807, 2.05) is 18.2 Å². The maximum Gasteiger partial charge on any atom is 0.0991 e. The van der Waals surface area contributed by atoms with E-state index in [2.05, 4.69) is 137 Å². The minimum Gasteiger partial charge on any atom is -0.307 e. The van der Waals surface area contributed by atoms with Gasteiger partial charge in [0.2, 0.25) is 0 Å². The van der Waals surface area contributed by atoms with Gasteiger partial charge in [-0.15, -0.1) is 0 Å². The predicted molar refractivity (Wildman–Crippen MR) is 165 cm³/mol. The van der Waals surface area contributed by atoms with Gasteiger partial charge in [0.15, 0.2) is 0 Å². The fourth-order valence-electron chi connectivity index (χ4n) is 6.22. The lowest BCUT2D eigenvalue weighted by atomic mass is 10.0. The van der Waals surface area contributed by atoms with E-state index < -0.39 is 0 Å². The van der Waals surface area contributed by atoms with Gasteiger partial charge < -0.3 is 9.13 Å². The molecule has 3 nitrogen and oxygen atoms in total. The quantitative estimate of drug-likeness (QED) is 0.233. The molecule has 0 aliphatic rings. The Kier molecular flexibility index (Phi) is 4.89. The molecule has 40 heavy (non-hydrogen) atoms. The van der Waals surface area contributed by atoms with Gasteiger partial charge in [0.05, 0.1) is 39.4 Å². The second-order valence-electron chi connectivity index (χ2n) is 10.1. The Morgan fingerprint density at radius 3 is 1.65 bits per heavy atom. The van der Waals surface area contributed by atoms with Gasteiger partial charge in [0.1, 0.15) is 0 Å². The van der Waals surface area contributed by atoms with E-state index in [9.17, 15) is 5.26 Å². The topological polar surface area (TPSA) is 33.6 Å². The van der Waals surface area contributed by atoms with Crippen molar-refractivity contribution >= 4 is 43.6 Å². The molecule has 8 rings (SSSR count). The molecule has 8 aromatic rings. The third kappa shape index (κ3) is 3.24. The highest BCUT2D eigenvalue weighted by molar-refractivity contribution is 6.15. The third-order valence-corrected chi connectivity index (χ3v) is 7.92. The number of fused-ring (bicyclic) bond motifs is 6. The molecule has 2 heterocycles. The van der Waals surface area contributed by atoms with E-state index in [-0.39, 0.29) is 0 Å². The van der Waals surface area contributed by atoms with E-state index in [1.165, 1.54) is 32.6 Å². The Bertz CT molecular complexity index is 2240. The molecule has 0 N–H and O–H groups in total. The lowest BCUT2D eigenvalue weighted by Crippen LogP contribution is -2.00. The molecule has 0 bridgehead atoms. The van der Waals surface area contributed by atoms with Crippen LogP contribution in [0, 0.1) is 11.3 Å². The maximum absolute atomic E-state index is 9.47. The smallest absolute Gasteiger partial charge is 0.0991 e. The number of para-hydroxylation sites is 4. The first-order valence-corrected chi connectivity index (χ1v) is 13.4. The average Bonchev–Trinajstić information content (AvgIpc) is 3.54. The van der Waals surface area contributed by atoms with Gasteiger partial charge in [-0.05, 0) is 59.7 Å². The summed E-state index contributed by atoms with van der Waals surface area (Å²) in [6.07, 6.45) is 0. The summed E-state index contributed by atoms with van der Waals surface area (Å²) in [7, 11) is 0. The molecule has 0 unspecified atom stereocenters. The van der Waals surface area contributed by atoms with Crippen molar-refractivity contribution in [3.05, 3.63) is 145 Å². The van der Waals surface area contributed by atoms with Crippen LogP contribution in [0.5, 0.6) is 0 Å². The minimum atomic E-state index is 0.661. The molecule has 186 valence electrons. The zero-order valence-corrected chi connectivity index (χ0v) is 21.6. The van der Waals surface area contributed by atoms with Crippen molar-refractivity contribution in [2.75, 3.05) is 0 Å². The average molecular weight is 510 g/mol. The zero-order valence-electron chi connectivity index (χ0n) is 21.6. The number of benzene rings is 6. The molecule has 0 saturated heterocycles. The van der Waals surface area contributed by atoms with Crippen LogP contribution < -0.4 is 0 Å². The van der Waals surface area contributed by atoms with Crippen LogP contribution in [0.3, 0.4) is 0 Å². The highest BCUT2D eigenvalue weighted by Gasteiger charge is 2.19. The lowest BCUT2D eigenvalue weighted by Gasteiger charge is -2.15. The first-order valence-electron chi connectivity index (χ1n) is 13.4. The summed E-state index contributed by atoms with van der Waals surface area (Å²) in [6.45, 7) is 0. The summed E-state index contributed by atoms with van der Waals surface area (Å²) >= 11 is 0. The fourth-order valence-corrected chi connectivity index (χ4v) is 6.22. The SMILES string of the molecule is N#Cc1cccc(-c2cccc(-n3c4ccccc4c4cccc(-n5c6ccccc6c6ccccc65)c43)c2)c1. The number of hydrogen-bond acceptors (Lipinski definition) is 1. The summed E-state index contributed by atoms with van der Waals surface area (Å²) in [4.78, 5) is 0. The number of nitriles is 1. The second kappa shape index (κ2) is 8.73. The van der Waals surface area contributed by atoms with E-state index in [4.69, 9.17) is 0 Å². The van der Waals surface area contributed by atoms with Crippen molar-refractivity contribution in [2.45, 2.75) is 0 Å². The highest BCUT2D eigenvalue weighted by atomic mass is 15.1. The molecule has 0 atom stereocenters. The third-order valence-electron chi connectivity index (χ3n) is 7.92. The molecule has 0 aliphatic carbocycles. The summed E-state index contributed by atoms with van der Waals surface area (Å²) in [5, 5.41) is 14.4. The van der Waals surface area contributed by atoms with Crippen molar-refractivity contribution in [1.82, 2.24) is 9.13 Å². The van der Waals surface area contributed by atoms with E-state index in [1.54, 1.807) is 0 Å². The summed E-state index contributed by atoms with van der Waals surface area (Å²) in [5.74, 6) is 0. The van der Waals surface area contributed by atoms with Gasteiger partial charge in [-0.1, -0.05) is 91.0 Å². The lowest BCUT2D eigenvalue weighted by molar-refractivity contribution is 1.13. The van der Waals surface area contributed by atoms with Gasteiger partial charge in [0.25, 0.3) is 0 Å². The first kappa shape index (κ1) is 22.4. The van der Waals surface area contributed by atoms with Crippen molar-refractivity contribution in [3.63, 3.8) is 0 Å². The van der Waals surface area contributed by atoms with E-state index in [0.29, 0.717) is 5.56 Å². The van der Waals surface area contributed by atoms with E-state index in [0.717, 1.165) is 33.5 Å². The summed E-state index contributed by atoms with van der Waals surface area (Å²) in [6, 6.07) is 51.3. The molecule has 6 aromatic carbocycles. The van der Waals surface area contributed by atoms with Crippen LogP contribution in [0.4, 0.5) is 0 Å². The summed E-state index contributed by atoms with van der Waals surface area (Å²) < 4.78 is 4.80. The van der Waals surface area contributed by atoms with Gasteiger partial charge >= 0.3 is 0 Å². The minimum absolute atomic E-state index is 0.661. The molecular formula is C37H23N3. The Labute approximate surface area is 231 Å². The van der Waals surface area contributed by atoms with Crippen LogP contribution >= 0.6 is 0 Å². The number of aromatic nitrogens is 2. The molecule has 0 fully saturated rings. The summed E-state index contributed by atoms with van der Waals surface area (Å²) in [5.41, 5.74) is 9.70. The molecule has 0 radical (unpaired) electrons. The van der Waals surface area contributed by atoms with Crippen LogP contribution in [0.1, 0.15) is 5.56 Å². The van der Waals surface area contributed by atoms with Crippen LogP contribution in [0.15, 0.2) is 140 Å². The molecule has 0 saturated carbocycles. The standard InChI is InChI=1S/C37H23N3/c38-24-25-10-7-11-26(22-25)27-12-8-13-28(23-27)39-33-18-4-3-16-31(33)32-17-9-21-36(37(32)39)40-34-19-5-1-14-29(34)30-15-2-6-20-35(30)40/h1-23H. The molecule has 3 heteroatoms. The molecule has 0 spiro atoms. The zero-order chi connectivity index (χ0) is 26.6. The number of hydrogen-bond donors (Lipinski definition) is 0. The molecule has 0 aliphatic heterocycles. The highest BCUT2D eigenvalue weighted by Crippen LogP contribution is 2.39. The van der Waals surface area contributed by atoms with Gasteiger partial charge in [-0.25, -0.2) is 0 Å². The molecular weight excluding hydrogens is 486 g/mol. The largest absolute Gasteiger partial charge is 0.307 e. The fraction of sp³-hybridized carbons (Fsp3) is 0. The monoisotopic (exact) mass is 509 g/mol. The molecule has 2 aromatic heterocycles. The Hall–Kier alpha value is -5.59. The van der Waals surface area contributed by atoms with Crippen LogP contribution in [-0.2, 0) is 0 Å². The van der Waals surface area contributed by atoms with E-state index >= 15 is 0 Å². The number of rotatable bonds is 3. The Balaban J connectivity index is 1.49. The number of nitrogens with zero attached hydrogens (tertiary/aromatic N) is 3.